The number of hydrogen-bond donors (Lipinski definition) is 1. The lowest BCUT2D eigenvalue weighted by Gasteiger charge is -2.26. The number of primary sulfonamides is 1. The third-order valence-electron chi connectivity index (χ3n) is 2.19. The van der Waals surface area contributed by atoms with Crippen molar-refractivity contribution < 1.29 is 13.2 Å². The first-order valence-electron chi connectivity index (χ1n) is 4.59. The zero-order chi connectivity index (χ0) is 9.90. The number of rotatable bonds is 5. The summed E-state index contributed by atoms with van der Waals surface area (Å²) >= 11 is 0. The minimum absolute atomic E-state index is 0.00407. The van der Waals surface area contributed by atoms with Gasteiger partial charge in [0.05, 0.1) is 18.5 Å². The lowest BCUT2D eigenvalue weighted by molar-refractivity contribution is -0.0102. The molecule has 0 radical (unpaired) electrons. The molecule has 1 fully saturated rings. The first-order chi connectivity index (χ1) is 5.97. The molecule has 13 heavy (non-hydrogen) atoms. The van der Waals surface area contributed by atoms with Gasteiger partial charge in [-0.15, -0.1) is 0 Å². The molecule has 1 unspecified atom stereocenters. The van der Waals surface area contributed by atoms with Gasteiger partial charge in [0.25, 0.3) is 0 Å². The topological polar surface area (TPSA) is 69.4 Å². The van der Waals surface area contributed by atoms with Gasteiger partial charge in [-0.3, -0.25) is 0 Å². The summed E-state index contributed by atoms with van der Waals surface area (Å²) in [5, 5.41) is 4.91. The molecule has 0 spiro atoms. The van der Waals surface area contributed by atoms with Crippen molar-refractivity contribution >= 4 is 10.0 Å². The highest BCUT2D eigenvalue weighted by molar-refractivity contribution is 7.89. The molecule has 0 aliphatic heterocycles. The Morgan fingerprint density at radius 1 is 1.54 bits per heavy atom. The lowest BCUT2D eigenvalue weighted by atomic mass is 9.96. The molecular formula is C8H17NO3S. The van der Waals surface area contributed by atoms with E-state index in [4.69, 9.17) is 9.88 Å². The van der Waals surface area contributed by atoms with Gasteiger partial charge in [-0.1, -0.05) is 6.92 Å². The largest absolute Gasteiger partial charge is 0.378 e. The Kier molecular flexibility index (Phi) is 3.70. The highest BCUT2D eigenvalue weighted by Gasteiger charge is 2.19. The maximum absolute atomic E-state index is 10.7. The summed E-state index contributed by atoms with van der Waals surface area (Å²) in [5.74, 6) is 0.00954. The van der Waals surface area contributed by atoms with Crippen molar-refractivity contribution in [2.24, 2.45) is 11.1 Å². The molecule has 2 N–H and O–H groups in total. The van der Waals surface area contributed by atoms with Crippen LogP contribution < -0.4 is 5.14 Å². The maximum atomic E-state index is 10.7. The second-order valence-electron chi connectivity index (χ2n) is 3.82. The van der Waals surface area contributed by atoms with Gasteiger partial charge in [0.2, 0.25) is 10.0 Å². The van der Waals surface area contributed by atoms with E-state index in [9.17, 15) is 8.42 Å². The molecule has 5 heteroatoms. The van der Waals surface area contributed by atoms with Crippen LogP contribution in [0.2, 0.25) is 0 Å². The fourth-order valence-electron chi connectivity index (χ4n) is 1.28. The zero-order valence-corrected chi connectivity index (χ0v) is 8.72. The van der Waals surface area contributed by atoms with Crippen molar-refractivity contribution in [3.05, 3.63) is 0 Å². The normalized spacial score (nSPS) is 21.1. The Morgan fingerprint density at radius 2 is 2.15 bits per heavy atom. The molecule has 1 aliphatic rings. The predicted molar refractivity (Wildman–Crippen MR) is 50.7 cm³/mol. The minimum Gasteiger partial charge on any atom is -0.378 e. The third kappa shape index (κ3) is 4.59. The van der Waals surface area contributed by atoms with Gasteiger partial charge in [0, 0.05) is 0 Å². The van der Waals surface area contributed by atoms with Crippen LogP contribution in [0.15, 0.2) is 0 Å². The van der Waals surface area contributed by atoms with E-state index in [1.165, 1.54) is 6.42 Å². The number of hydrogen-bond acceptors (Lipinski definition) is 3. The lowest BCUT2D eigenvalue weighted by Crippen LogP contribution is -2.28. The summed E-state index contributed by atoms with van der Waals surface area (Å²) in [6.45, 7) is 2.34. The molecule has 1 saturated carbocycles. The minimum atomic E-state index is -3.34. The molecule has 0 aromatic rings. The molecule has 0 bridgehead atoms. The van der Waals surface area contributed by atoms with Gasteiger partial charge in [-0.2, -0.15) is 0 Å². The van der Waals surface area contributed by atoms with Crippen molar-refractivity contribution in [1.82, 2.24) is 0 Å². The third-order valence-corrected chi connectivity index (χ3v) is 3.22. The molecule has 1 aliphatic carbocycles. The van der Waals surface area contributed by atoms with Crippen molar-refractivity contribution in [3.8, 4) is 0 Å². The summed E-state index contributed by atoms with van der Waals surface area (Å²) < 4.78 is 26.8. The highest BCUT2D eigenvalue weighted by Crippen LogP contribution is 2.22. The van der Waals surface area contributed by atoms with E-state index in [1.54, 1.807) is 0 Å². The number of nitrogens with two attached hydrogens (primary N) is 1. The van der Waals surface area contributed by atoms with Gasteiger partial charge in [-0.05, 0) is 25.2 Å². The van der Waals surface area contributed by atoms with Crippen LogP contribution in [0.25, 0.3) is 0 Å². The average molecular weight is 207 g/mol. The second-order valence-corrected chi connectivity index (χ2v) is 5.48. The second kappa shape index (κ2) is 4.39. The Morgan fingerprint density at radius 3 is 2.54 bits per heavy atom. The van der Waals surface area contributed by atoms with Gasteiger partial charge in [0.15, 0.2) is 0 Å². The van der Waals surface area contributed by atoms with Crippen LogP contribution in [-0.4, -0.2) is 26.9 Å². The highest BCUT2D eigenvalue weighted by atomic mass is 32.2. The number of ether oxygens (including phenoxy) is 1. The van der Waals surface area contributed by atoms with E-state index in [-0.39, 0.29) is 11.7 Å². The maximum Gasteiger partial charge on any atom is 0.209 e. The van der Waals surface area contributed by atoms with Crippen LogP contribution in [0.4, 0.5) is 0 Å². The van der Waals surface area contributed by atoms with E-state index in [2.05, 4.69) is 0 Å². The smallest absolute Gasteiger partial charge is 0.209 e. The van der Waals surface area contributed by atoms with Crippen LogP contribution in [0.1, 0.15) is 26.2 Å². The Balaban J connectivity index is 2.13. The summed E-state index contributed by atoms with van der Waals surface area (Å²) in [6, 6.07) is 0. The molecule has 0 aromatic carbocycles. The Hall–Kier alpha value is -0.130. The van der Waals surface area contributed by atoms with Crippen LogP contribution in [-0.2, 0) is 14.8 Å². The van der Waals surface area contributed by atoms with Crippen molar-refractivity contribution in [2.75, 3.05) is 12.4 Å². The fourth-order valence-corrected chi connectivity index (χ4v) is 2.17. The molecule has 0 amide bonds. The van der Waals surface area contributed by atoms with E-state index < -0.39 is 10.0 Å². The Bertz CT molecular complexity index is 246. The molecule has 4 nitrogen and oxygen atoms in total. The quantitative estimate of drug-likeness (QED) is 0.713. The first-order valence-corrected chi connectivity index (χ1v) is 6.31. The summed E-state index contributed by atoms with van der Waals surface area (Å²) in [4.78, 5) is 0. The average Bonchev–Trinajstić information content (AvgIpc) is 1.78. The zero-order valence-electron chi connectivity index (χ0n) is 7.90. The van der Waals surface area contributed by atoms with Gasteiger partial charge in [-0.25, -0.2) is 13.6 Å². The predicted octanol–water partition coefficient (Wildman–Crippen LogP) is 0.480. The summed E-state index contributed by atoms with van der Waals surface area (Å²) in [7, 11) is -3.34. The monoisotopic (exact) mass is 207 g/mol. The summed E-state index contributed by atoms with van der Waals surface area (Å²) in [5.41, 5.74) is 0. The van der Waals surface area contributed by atoms with E-state index in [0.29, 0.717) is 12.7 Å². The van der Waals surface area contributed by atoms with E-state index in [0.717, 1.165) is 12.8 Å². The molecule has 1 atom stereocenters. The Labute approximate surface area is 79.5 Å². The molecular weight excluding hydrogens is 190 g/mol. The molecule has 78 valence electrons. The van der Waals surface area contributed by atoms with Crippen LogP contribution in [0.5, 0.6) is 0 Å². The van der Waals surface area contributed by atoms with Crippen molar-refractivity contribution in [2.45, 2.75) is 32.3 Å². The fraction of sp³-hybridized carbons (Fsp3) is 1.00. The van der Waals surface area contributed by atoms with Gasteiger partial charge < -0.3 is 4.74 Å². The van der Waals surface area contributed by atoms with Crippen LogP contribution in [0.3, 0.4) is 0 Å². The van der Waals surface area contributed by atoms with Crippen LogP contribution in [0, 0.1) is 5.92 Å². The van der Waals surface area contributed by atoms with E-state index >= 15 is 0 Å². The van der Waals surface area contributed by atoms with Crippen LogP contribution >= 0.6 is 0 Å². The van der Waals surface area contributed by atoms with Crippen molar-refractivity contribution in [3.63, 3.8) is 0 Å². The van der Waals surface area contributed by atoms with Gasteiger partial charge in [0.1, 0.15) is 0 Å². The molecule has 0 aromatic heterocycles. The van der Waals surface area contributed by atoms with Gasteiger partial charge >= 0.3 is 0 Å². The SMILES string of the molecule is CC(COC1CCC1)CS(N)(=O)=O. The molecule has 0 saturated heterocycles. The van der Waals surface area contributed by atoms with Crippen molar-refractivity contribution in [1.29, 1.82) is 0 Å². The van der Waals surface area contributed by atoms with E-state index in [1.807, 2.05) is 6.92 Å². The number of sulfonamides is 1. The molecule has 1 rings (SSSR count). The standard InChI is InChI=1S/C8H17NO3S/c1-7(6-13(9,10)11)5-12-8-3-2-4-8/h7-8H,2-6H2,1H3,(H2,9,10,11). The first kappa shape index (κ1) is 10.9. The summed E-state index contributed by atoms with van der Waals surface area (Å²) in [6.07, 6.45) is 3.82. The molecule has 0 heterocycles.